The third-order valence-corrected chi connectivity index (χ3v) is 5.11. The van der Waals surface area contributed by atoms with Crippen LogP contribution in [0.15, 0.2) is 56.8 Å². The van der Waals surface area contributed by atoms with Gasteiger partial charge in [0.05, 0.1) is 4.90 Å². The molecule has 0 aliphatic carbocycles. The summed E-state index contributed by atoms with van der Waals surface area (Å²) in [6.45, 7) is 0.259. The highest BCUT2D eigenvalue weighted by atomic mass is 79.9. The summed E-state index contributed by atoms with van der Waals surface area (Å²) in [7, 11) is -2.11. The van der Waals surface area contributed by atoms with E-state index < -0.39 is 10.0 Å². The third kappa shape index (κ3) is 3.36. The van der Waals surface area contributed by atoms with Crippen molar-refractivity contribution in [3.63, 3.8) is 0 Å². The largest absolute Gasteiger partial charge is 0.328 e. The lowest BCUT2D eigenvalue weighted by molar-refractivity contribution is 0.466. The minimum Gasteiger partial charge on any atom is -0.328 e. The van der Waals surface area contributed by atoms with Crippen LogP contribution in [0.2, 0.25) is 0 Å². The van der Waals surface area contributed by atoms with Gasteiger partial charge in [0, 0.05) is 30.3 Å². The number of H-pyrrole nitrogens is 1. The molecule has 7 heteroatoms. The van der Waals surface area contributed by atoms with Crippen molar-refractivity contribution in [1.82, 2.24) is 9.29 Å². The summed E-state index contributed by atoms with van der Waals surface area (Å²) >= 11 is 3.33. The summed E-state index contributed by atoms with van der Waals surface area (Å²) in [5, 5.41) is 0. The van der Waals surface area contributed by atoms with Crippen LogP contribution in [0.3, 0.4) is 0 Å². The van der Waals surface area contributed by atoms with Crippen LogP contribution in [0, 0.1) is 0 Å². The van der Waals surface area contributed by atoms with Crippen molar-refractivity contribution < 1.29 is 8.42 Å². The molecule has 0 aliphatic rings. The molecule has 1 N–H and O–H groups in total. The topological polar surface area (TPSA) is 70.2 Å². The Morgan fingerprint density at radius 3 is 2.35 bits per heavy atom. The molecule has 2 aromatic rings. The lowest BCUT2D eigenvalue weighted by Crippen LogP contribution is -2.27. The average Bonchev–Trinajstić information content (AvgIpc) is 2.42. The van der Waals surface area contributed by atoms with E-state index in [2.05, 4.69) is 20.9 Å². The molecule has 0 saturated heterocycles. The van der Waals surface area contributed by atoms with Gasteiger partial charge in [0.2, 0.25) is 15.6 Å². The number of halogens is 1. The molecule has 0 aliphatic heterocycles. The molecular weight excluding hydrogens is 344 g/mol. The van der Waals surface area contributed by atoms with Gasteiger partial charge in [-0.05, 0) is 23.8 Å². The van der Waals surface area contributed by atoms with Gasteiger partial charge in [-0.25, -0.2) is 8.42 Å². The zero-order valence-electron chi connectivity index (χ0n) is 10.7. The molecule has 0 unspecified atom stereocenters. The molecular formula is C13H13BrN2O3S. The summed E-state index contributed by atoms with van der Waals surface area (Å²) in [6, 6.07) is 9.91. The van der Waals surface area contributed by atoms with E-state index in [0.29, 0.717) is 0 Å². The lowest BCUT2D eigenvalue weighted by atomic mass is 10.2. The quantitative estimate of drug-likeness (QED) is 0.910. The molecule has 0 amide bonds. The minimum atomic E-state index is -3.61. The number of aromatic amines is 1. The summed E-state index contributed by atoms with van der Waals surface area (Å²) < 4.78 is 26.8. The number of rotatable bonds is 4. The van der Waals surface area contributed by atoms with E-state index in [4.69, 9.17) is 0 Å². The van der Waals surface area contributed by atoms with Crippen molar-refractivity contribution in [2.45, 2.75) is 11.4 Å². The first kappa shape index (κ1) is 15.0. The molecule has 0 saturated carbocycles. The number of hydrogen-bond donors (Lipinski definition) is 1. The average molecular weight is 357 g/mol. The Morgan fingerprint density at radius 1 is 1.15 bits per heavy atom. The van der Waals surface area contributed by atoms with Gasteiger partial charge in [-0.1, -0.05) is 28.1 Å². The maximum atomic E-state index is 12.3. The highest BCUT2D eigenvalue weighted by molar-refractivity contribution is 9.10. The van der Waals surface area contributed by atoms with Crippen molar-refractivity contribution in [2.75, 3.05) is 7.05 Å². The molecule has 20 heavy (non-hydrogen) atoms. The maximum absolute atomic E-state index is 12.3. The smallest absolute Gasteiger partial charge is 0.247 e. The highest BCUT2D eigenvalue weighted by Crippen LogP contribution is 2.16. The van der Waals surface area contributed by atoms with E-state index in [1.807, 2.05) is 24.3 Å². The van der Waals surface area contributed by atoms with Crippen LogP contribution >= 0.6 is 15.9 Å². The van der Waals surface area contributed by atoms with Crippen molar-refractivity contribution in [3.05, 3.63) is 63.0 Å². The van der Waals surface area contributed by atoms with E-state index in [9.17, 15) is 13.2 Å². The second-order valence-electron chi connectivity index (χ2n) is 4.28. The molecule has 5 nitrogen and oxygen atoms in total. The maximum Gasteiger partial charge on any atom is 0.247 e. The highest BCUT2D eigenvalue weighted by Gasteiger charge is 2.20. The van der Waals surface area contributed by atoms with Crippen LogP contribution in [0.1, 0.15) is 5.56 Å². The van der Waals surface area contributed by atoms with Crippen molar-refractivity contribution in [2.24, 2.45) is 0 Å². The van der Waals surface area contributed by atoms with E-state index in [1.54, 1.807) is 0 Å². The van der Waals surface area contributed by atoms with Crippen LogP contribution in [0.4, 0.5) is 0 Å². The monoisotopic (exact) mass is 356 g/mol. The molecule has 1 aromatic heterocycles. The molecule has 0 atom stereocenters. The Kier molecular flexibility index (Phi) is 4.42. The van der Waals surface area contributed by atoms with E-state index in [-0.39, 0.29) is 17.0 Å². The van der Waals surface area contributed by atoms with E-state index in [0.717, 1.165) is 10.0 Å². The van der Waals surface area contributed by atoms with Gasteiger partial charge in [-0.3, -0.25) is 4.79 Å². The Morgan fingerprint density at radius 2 is 1.80 bits per heavy atom. The summed E-state index contributed by atoms with van der Waals surface area (Å²) in [5.41, 5.74) is 0.545. The van der Waals surface area contributed by atoms with Crippen LogP contribution in [0.5, 0.6) is 0 Å². The van der Waals surface area contributed by atoms with Crippen LogP contribution < -0.4 is 5.56 Å². The fourth-order valence-corrected chi connectivity index (χ4v) is 3.06. The van der Waals surface area contributed by atoms with Crippen molar-refractivity contribution >= 4 is 26.0 Å². The third-order valence-electron chi connectivity index (χ3n) is 2.78. The first-order valence-corrected chi connectivity index (χ1v) is 8.02. The summed E-state index contributed by atoms with van der Waals surface area (Å²) in [6.07, 6.45) is 1.20. The number of hydrogen-bond acceptors (Lipinski definition) is 3. The van der Waals surface area contributed by atoms with Gasteiger partial charge >= 0.3 is 0 Å². The molecule has 1 aromatic carbocycles. The van der Waals surface area contributed by atoms with Gasteiger partial charge < -0.3 is 4.98 Å². The molecule has 0 bridgehead atoms. The second kappa shape index (κ2) is 5.90. The Balaban J connectivity index is 2.23. The molecule has 106 valence electrons. The predicted molar refractivity (Wildman–Crippen MR) is 79.9 cm³/mol. The zero-order valence-corrected chi connectivity index (χ0v) is 13.1. The van der Waals surface area contributed by atoms with Gasteiger partial charge in [0.1, 0.15) is 0 Å². The fourth-order valence-electron chi connectivity index (χ4n) is 1.67. The van der Waals surface area contributed by atoms with E-state index in [1.165, 1.54) is 29.7 Å². The molecule has 0 fully saturated rings. The lowest BCUT2D eigenvalue weighted by Gasteiger charge is -2.17. The first-order chi connectivity index (χ1) is 9.39. The van der Waals surface area contributed by atoms with Gasteiger partial charge in [-0.15, -0.1) is 0 Å². The van der Waals surface area contributed by atoms with Gasteiger partial charge in [0.15, 0.2) is 0 Å². The summed E-state index contributed by atoms with van der Waals surface area (Å²) in [4.78, 5) is 13.4. The Labute approximate surface area is 125 Å². The number of sulfonamides is 1. The summed E-state index contributed by atoms with van der Waals surface area (Å²) in [5.74, 6) is 0. The van der Waals surface area contributed by atoms with Crippen LogP contribution in [-0.4, -0.2) is 24.8 Å². The molecule has 0 spiro atoms. The van der Waals surface area contributed by atoms with Gasteiger partial charge in [-0.2, -0.15) is 4.31 Å². The minimum absolute atomic E-state index is 0.0664. The van der Waals surface area contributed by atoms with Crippen LogP contribution in [-0.2, 0) is 16.6 Å². The van der Waals surface area contributed by atoms with Crippen molar-refractivity contribution in [1.29, 1.82) is 0 Å². The molecule has 1 heterocycles. The van der Waals surface area contributed by atoms with Crippen LogP contribution in [0.25, 0.3) is 0 Å². The molecule has 0 radical (unpaired) electrons. The fraction of sp³-hybridized carbons (Fsp3) is 0.154. The zero-order chi connectivity index (χ0) is 14.8. The Bertz CT molecular complexity index is 733. The number of aromatic nitrogens is 1. The second-order valence-corrected chi connectivity index (χ2v) is 7.24. The Hall–Kier alpha value is -1.44. The number of nitrogens with one attached hydrogen (secondary N) is 1. The van der Waals surface area contributed by atoms with Gasteiger partial charge in [0.25, 0.3) is 0 Å². The number of nitrogens with zero attached hydrogens (tertiary/aromatic N) is 1. The normalized spacial score (nSPS) is 11.8. The standard InChI is InChI=1S/C13H13BrN2O3S/c1-16(9-10-2-4-11(14)5-3-10)20(18,19)12-6-7-13(17)15-8-12/h2-8H,9H2,1H3,(H,15,17). The predicted octanol–water partition coefficient (Wildman–Crippen LogP) is 1.96. The SMILES string of the molecule is CN(Cc1ccc(Br)cc1)S(=O)(=O)c1ccc(=O)[nH]c1. The molecule has 2 rings (SSSR count). The first-order valence-electron chi connectivity index (χ1n) is 5.79. The van der Waals surface area contributed by atoms with Crippen molar-refractivity contribution in [3.8, 4) is 0 Å². The number of pyridine rings is 1. The number of benzene rings is 1. The van der Waals surface area contributed by atoms with E-state index >= 15 is 0 Å².